The number of hydrogen-bond donors (Lipinski definition) is 0. The summed E-state index contributed by atoms with van der Waals surface area (Å²) in [6, 6.07) is 0. The molecule has 0 N–H and O–H groups in total. The van der Waals surface area contributed by atoms with Crippen molar-refractivity contribution in [2.45, 2.75) is 46.5 Å². The highest BCUT2D eigenvalue weighted by Crippen LogP contribution is 2.38. The zero-order valence-electron chi connectivity index (χ0n) is 9.38. The van der Waals surface area contributed by atoms with Gasteiger partial charge >= 0.3 is 0 Å². The Morgan fingerprint density at radius 3 is 2.46 bits per heavy atom. The van der Waals surface area contributed by atoms with Gasteiger partial charge in [0.25, 0.3) is 0 Å². The van der Waals surface area contributed by atoms with Gasteiger partial charge in [-0.1, -0.05) is 33.6 Å². The van der Waals surface area contributed by atoms with Gasteiger partial charge in [-0.25, -0.2) is 0 Å². The van der Waals surface area contributed by atoms with Crippen LogP contribution in [-0.4, -0.2) is 13.2 Å². The van der Waals surface area contributed by atoms with E-state index < -0.39 is 0 Å². The van der Waals surface area contributed by atoms with Gasteiger partial charge in [0.2, 0.25) is 0 Å². The SMILES string of the molecule is CC.CCC1CCC2COCC2C1. The smallest absolute Gasteiger partial charge is 0.0498 e. The highest BCUT2D eigenvalue weighted by Gasteiger charge is 2.33. The molecule has 0 bridgehead atoms. The van der Waals surface area contributed by atoms with Gasteiger partial charge in [-0.2, -0.15) is 0 Å². The second-order valence-electron chi connectivity index (χ2n) is 4.14. The monoisotopic (exact) mass is 184 g/mol. The summed E-state index contributed by atoms with van der Waals surface area (Å²) in [5, 5.41) is 0. The van der Waals surface area contributed by atoms with Crippen LogP contribution in [0.4, 0.5) is 0 Å². The summed E-state index contributed by atoms with van der Waals surface area (Å²) in [4.78, 5) is 0. The van der Waals surface area contributed by atoms with Crippen molar-refractivity contribution in [2.24, 2.45) is 17.8 Å². The van der Waals surface area contributed by atoms with E-state index in [1.807, 2.05) is 13.8 Å². The first-order valence-corrected chi connectivity index (χ1v) is 5.98. The van der Waals surface area contributed by atoms with Gasteiger partial charge in [-0.05, 0) is 30.6 Å². The van der Waals surface area contributed by atoms with Gasteiger partial charge in [0.15, 0.2) is 0 Å². The first-order valence-electron chi connectivity index (χ1n) is 5.98. The molecule has 0 aromatic carbocycles. The fourth-order valence-corrected chi connectivity index (χ4v) is 2.59. The minimum atomic E-state index is 0.925. The van der Waals surface area contributed by atoms with Gasteiger partial charge in [0.1, 0.15) is 0 Å². The Kier molecular flexibility index (Phi) is 4.79. The van der Waals surface area contributed by atoms with Crippen molar-refractivity contribution in [2.75, 3.05) is 13.2 Å². The van der Waals surface area contributed by atoms with Crippen LogP contribution in [0.2, 0.25) is 0 Å². The van der Waals surface area contributed by atoms with Crippen LogP contribution in [-0.2, 0) is 4.74 Å². The van der Waals surface area contributed by atoms with E-state index in [1.54, 1.807) is 0 Å². The average molecular weight is 184 g/mol. The fourth-order valence-electron chi connectivity index (χ4n) is 2.59. The van der Waals surface area contributed by atoms with Crippen molar-refractivity contribution in [1.29, 1.82) is 0 Å². The Morgan fingerprint density at radius 2 is 1.77 bits per heavy atom. The molecule has 1 aliphatic heterocycles. The lowest BCUT2D eigenvalue weighted by atomic mass is 9.75. The number of fused-ring (bicyclic) bond motifs is 1. The second-order valence-corrected chi connectivity index (χ2v) is 4.14. The van der Waals surface area contributed by atoms with Crippen molar-refractivity contribution >= 4 is 0 Å². The molecule has 2 rings (SSSR count). The molecule has 2 aliphatic rings. The lowest BCUT2D eigenvalue weighted by Crippen LogP contribution is -2.22. The van der Waals surface area contributed by atoms with Crippen molar-refractivity contribution in [3.63, 3.8) is 0 Å². The largest absolute Gasteiger partial charge is 0.381 e. The van der Waals surface area contributed by atoms with Crippen LogP contribution in [0, 0.1) is 17.8 Å². The van der Waals surface area contributed by atoms with E-state index in [9.17, 15) is 0 Å². The average Bonchev–Trinajstić information content (AvgIpc) is 2.67. The molecular formula is C12H24O. The van der Waals surface area contributed by atoms with Gasteiger partial charge in [0.05, 0.1) is 0 Å². The summed E-state index contributed by atoms with van der Waals surface area (Å²) in [6.45, 7) is 8.43. The van der Waals surface area contributed by atoms with E-state index in [-0.39, 0.29) is 0 Å². The van der Waals surface area contributed by atoms with Crippen LogP contribution in [0.3, 0.4) is 0 Å². The summed E-state index contributed by atoms with van der Waals surface area (Å²) >= 11 is 0. The fraction of sp³-hybridized carbons (Fsp3) is 1.00. The maximum absolute atomic E-state index is 5.48. The molecule has 1 nitrogen and oxygen atoms in total. The Hall–Kier alpha value is -0.0400. The molecule has 2 fully saturated rings. The van der Waals surface area contributed by atoms with E-state index in [2.05, 4.69) is 6.92 Å². The van der Waals surface area contributed by atoms with Gasteiger partial charge < -0.3 is 4.74 Å². The van der Waals surface area contributed by atoms with Crippen LogP contribution in [0.1, 0.15) is 46.5 Å². The van der Waals surface area contributed by atoms with E-state index in [0.717, 1.165) is 31.0 Å². The molecular weight excluding hydrogens is 160 g/mol. The summed E-state index contributed by atoms with van der Waals surface area (Å²) in [6.07, 6.45) is 5.72. The first kappa shape index (κ1) is 11.0. The zero-order valence-corrected chi connectivity index (χ0v) is 9.38. The standard InChI is InChI=1S/C10H18O.C2H6/c1-2-8-3-4-9-6-11-7-10(9)5-8;1-2/h8-10H,2-7H2,1H3;1-2H3. The minimum absolute atomic E-state index is 0.925. The third kappa shape index (κ3) is 2.70. The topological polar surface area (TPSA) is 9.23 Å². The zero-order chi connectivity index (χ0) is 9.68. The summed E-state index contributed by atoms with van der Waals surface area (Å²) in [5.41, 5.74) is 0. The number of hydrogen-bond acceptors (Lipinski definition) is 1. The normalized spacial score (nSPS) is 37.6. The molecule has 1 saturated carbocycles. The van der Waals surface area contributed by atoms with E-state index in [4.69, 9.17) is 4.74 Å². The molecule has 3 unspecified atom stereocenters. The third-order valence-corrected chi connectivity index (χ3v) is 3.49. The van der Waals surface area contributed by atoms with Gasteiger partial charge in [-0.3, -0.25) is 0 Å². The van der Waals surface area contributed by atoms with Crippen molar-refractivity contribution in [3.05, 3.63) is 0 Å². The molecule has 0 spiro atoms. The molecule has 1 saturated heterocycles. The number of rotatable bonds is 1. The minimum Gasteiger partial charge on any atom is -0.381 e. The molecule has 1 aliphatic carbocycles. The maximum Gasteiger partial charge on any atom is 0.0498 e. The molecule has 0 amide bonds. The quantitative estimate of drug-likeness (QED) is 0.606. The highest BCUT2D eigenvalue weighted by molar-refractivity contribution is 4.82. The number of ether oxygens (including phenoxy) is 1. The Labute approximate surface area is 82.9 Å². The Bertz CT molecular complexity index is 133. The molecule has 0 aromatic rings. The molecule has 0 aromatic heterocycles. The summed E-state index contributed by atoms with van der Waals surface area (Å²) in [5.74, 6) is 2.87. The van der Waals surface area contributed by atoms with Gasteiger partial charge in [-0.15, -0.1) is 0 Å². The van der Waals surface area contributed by atoms with Crippen molar-refractivity contribution < 1.29 is 4.74 Å². The maximum atomic E-state index is 5.48. The first-order chi connectivity index (χ1) is 6.40. The predicted octanol–water partition coefficient (Wildman–Crippen LogP) is 3.49. The Balaban J connectivity index is 0.000000396. The third-order valence-electron chi connectivity index (χ3n) is 3.49. The van der Waals surface area contributed by atoms with Crippen LogP contribution in [0.5, 0.6) is 0 Å². The van der Waals surface area contributed by atoms with Crippen LogP contribution in [0.15, 0.2) is 0 Å². The van der Waals surface area contributed by atoms with Crippen LogP contribution in [0.25, 0.3) is 0 Å². The summed E-state index contributed by atoms with van der Waals surface area (Å²) < 4.78 is 5.48. The molecule has 1 heteroatoms. The predicted molar refractivity (Wildman–Crippen MR) is 56.8 cm³/mol. The molecule has 3 atom stereocenters. The van der Waals surface area contributed by atoms with E-state index in [1.165, 1.54) is 25.7 Å². The van der Waals surface area contributed by atoms with Crippen LogP contribution < -0.4 is 0 Å². The highest BCUT2D eigenvalue weighted by atomic mass is 16.5. The molecule has 78 valence electrons. The van der Waals surface area contributed by atoms with Crippen LogP contribution >= 0.6 is 0 Å². The molecule has 13 heavy (non-hydrogen) atoms. The van der Waals surface area contributed by atoms with Crippen molar-refractivity contribution in [1.82, 2.24) is 0 Å². The Morgan fingerprint density at radius 1 is 1.08 bits per heavy atom. The van der Waals surface area contributed by atoms with Gasteiger partial charge in [0, 0.05) is 13.2 Å². The lowest BCUT2D eigenvalue weighted by molar-refractivity contribution is 0.180. The summed E-state index contributed by atoms with van der Waals surface area (Å²) in [7, 11) is 0. The molecule has 1 heterocycles. The van der Waals surface area contributed by atoms with E-state index in [0.29, 0.717) is 0 Å². The second kappa shape index (κ2) is 5.64. The molecule has 0 radical (unpaired) electrons. The van der Waals surface area contributed by atoms with Crippen molar-refractivity contribution in [3.8, 4) is 0 Å². The van der Waals surface area contributed by atoms with E-state index >= 15 is 0 Å². The lowest BCUT2D eigenvalue weighted by Gasteiger charge is -2.29.